The van der Waals surface area contributed by atoms with Crippen molar-refractivity contribution in [2.45, 2.75) is 26.3 Å². The van der Waals surface area contributed by atoms with E-state index in [2.05, 4.69) is 20.9 Å². The van der Waals surface area contributed by atoms with Crippen LogP contribution in [-0.4, -0.2) is 41.9 Å². The van der Waals surface area contributed by atoms with Crippen LogP contribution in [0.4, 0.5) is 5.69 Å². The van der Waals surface area contributed by atoms with Gasteiger partial charge in [-0.3, -0.25) is 14.4 Å². The minimum Gasteiger partial charge on any atom is -0.496 e. The molecular formula is C24H26N4O5. The maximum atomic E-state index is 12.4. The Morgan fingerprint density at radius 1 is 1.06 bits per heavy atom. The average Bonchev–Trinajstić information content (AvgIpc) is 3.32. The number of hydrogen-bond acceptors (Lipinski definition) is 6. The van der Waals surface area contributed by atoms with Gasteiger partial charge in [0.2, 0.25) is 0 Å². The van der Waals surface area contributed by atoms with E-state index in [1.54, 1.807) is 50.4 Å². The topological polar surface area (TPSA) is 123 Å². The van der Waals surface area contributed by atoms with E-state index in [9.17, 15) is 14.4 Å². The minimum absolute atomic E-state index is 0.137. The highest BCUT2D eigenvalue weighted by Gasteiger charge is 2.25. The molecule has 1 aromatic heterocycles. The number of rotatable bonds is 7. The first-order valence-electron chi connectivity index (χ1n) is 10.2. The molecule has 0 radical (unpaired) electrons. The molecule has 9 nitrogen and oxygen atoms in total. The number of hydrogen-bond donors (Lipinski definition) is 3. The maximum Gasteiger partial charge on any atom is 0.313 e. The van der Waals surface area contributed by atoms with Gasteiger partial charge in [0.1, 0.15) is 5.75 Å². The fraction of sp³-hybridized carbons (Fsp3) is 0.250. The number of ether oxygens (including phenoxy) is 1. The Morgan fingerprint density at radius 2 is 1.79 bits per heavy atom. The summed E-state index contributed by atoms with van der Waals surface area (Å²) in [5, 5.41) is 7.95. The molecule has 33 heavy (non-hydrogen) atoms. The standard InChI is InChI=1S/C24H26N4O5/c1-15-5-7-16(8-6-15)21(29)26-13-24(2,3)28-23(31)22(30)27-17-9-10-18(19(11-17)32-4)20-12-25-14-33-20/h5-12,14H,13H2,1-4H3,(H,26,29)(H,27,30)(H,28,31). The number of carbonyl (C=O) groups is 3. The van der Waals surface area contributed by atoms with Crippen LogP contribution < -0.4 is 20.7 Å². The number of methoxy groups -OCH3 is 1. The van der Waals surface area contributed by atoms with Crippen molar-refractivity contribution in [2.75, 3.05) is 19.0 Å². The molecule has 0 bridgehead atoms. The zero-order chi connectivity index (χ0) is 24.0. The van der Waals surface area contributed by atoms with E-state index in [0.717, 1.165) is 5.56 Å². The number of aryl methyl sites for hydroxylation is 1. The lowest BCUT2D eigenvalue weighted by Crippen LogP contribution is -2.54. The average molecular weight is 450 g/mol. The molecule has 3 rings (SSSR count). The van der Waals surface area contributed by atoms with E-state index in [-0.39, 0.29) is 12.5 Å². The first-order valence-corrected chi connectivity index (χ1v) is 10.2. The number of aromatic nitrogens is 1. The maximum absolute atomic E-state index is 12.4. The number of amides is 3. The Hall–Kier alpha value is -4.14. The second-order valence-corrected chi connectivity index (χ2v) is 8.12. The predicted octanol–water partition coefficient (Wildman–Crippen LogP) is 2.92. The van der Waals surface area contributed by atoms with Crippen LogP contribution in [0.15, 0.2) is 59.5 Å². The molecule has 2 aromatic carbocycles. The van der Waals surface area contributed by atoms with Crippen LogP contribution >= 0.6 is 0 Å². The highest BCUT2D eigenvalue weighted by Crippen LogP contribution is 2.32. The molecule has 1 heterocycles. The lowest BCUT2D eigenvalue weighted by molar-refractivity contribution is -0.137. The zero-order valence-corrected chi connectivity index (χ0v) is 18.9. The summed E-state index contributed by atoms with van der Waals surface area (Å²) in [6, 6.07) is 12.0. The molecule has 0 saturated heterocycles. The molecule has 9 heteroatoms. The van der Waals surface area contributed by atoms with E-state index in [4.69, 9.17) is 9.15 Å². The summed E-state index contributed by atoms with van der Waals surface area (Å²) in [6.07, 6.45) is 2.85. The summed E-state index contributed by atoms with van der Waals surface area (Å²) >= 11 is 0. The van der Waals surface area contributed by atoms with Gasteiger partial charge in [0, 0.05) is 23.9 Å². The molecule has 0 unspecified atom stereocenters. The van der Waals surface area contributed by atoms with Gasteiger partial charge in [0.25, 0.3) is 5.91 Å². The van der Waals surface area contributed by atoms with Gasteiger partial charge in [0.15, 0.2) is 12.2 Å². The molecule has 0 atom stereocenters. The quantitative estimate of drug-likeness (QED) is 0.476. The number of anilines is 1. The first-order chi connectivity index (χ1) is 15.7. The molecule has 3 N–H and O–H groups in total. The third-order valence-corrected chi connectivity index (χ3v) is 4.82. The fourth-order valence-corrected chi connectivity index (χ4v) is 3.03. The van der Waals surface area contributed by atoms with Crippen LogP contribution in [0.1, 0.15) is 29.8 Å². The molecule has 0 saturated carbocycles. The van der Waals surface area contributed by atoms with Crippen molar-refractivity contribution in [3.05, 3.63) is 66.2 Å². The van der Waals surface area contributed by atoms with Crippen LogP contribution in [0.2, 0.25) is 0 Å². The van der Waals surface area contributed by atoms with Crippen LogP contribution in [0, 0.1) is 6.92 Å². The Balaban J connectivity index is 1.57. The minimum atomic E-state index is -0.859. The van der Waals surface area contributed by atoms with Gasteiger partial charge in [-0.2, -0.15) is 0 Å². The summed E-state index contributed by atoms with van der Waals surface area (Å²) < 4.78 is 10.6. The van der Waals surface area contributed by atoms with Crippen molar-refractivity contribution in [1.82, 2.24) is 15.6 Å². The molecule has 3 amide bonds. The molecular weight excluding hydrogens is 424 g/mol. The Morgan fingerprint density at radius 3 is 2.42 bits per heavy atom. The van der Waals surface area contributed by atoms with Gasteiger partial charge >= 0.3 is 11.8 Å². The van der Waals surface area contributed by atoms with Crippen LogP contribution in [0.25, 0.3) is 11.3 Å². The second kappa shape index (κ2) is 9.99. The lowest BCUT2D eigenvalue weighted by Gasteiger charge is -2.26. The van der Waals surface area contributed by atoms with E-state index < -0.39 is 17.4 Å². The number of nitrogens with one attached hydrogen (secondary N) is 3. The highest BCUT2D eigenvalue weighted by molar-refractivity contribution is 6.39. The van der Waals surface area contributed by atoms with E-state index in [1.807, 2.05) is 19.1 Å². The van der Waals surface area contributed by atoms with Crippen molar-refractivity contribution >= 4 is 23.4 Å². The van der Waals surface area contributed by atoms with E-state index in [0.29, 0.717) is 28.3 Å². The zero-order valence-electron chi connectivity index (χ0n) is 18.9. The number of benzene rings is 2. The Bertz CT molecular complexity index is 1140. The van der Waals surface area contributed by atoms with Crippen molar-refractivity contribution in [3.8, 4) is 17.1 Å². The van der Waals surface area contributed by atoms with Gasteiger partial charge in [0.05, 0.1) is 24.4 Å². The second-order valence-electron chi connectivity index (χ2n) is 8.12. The molecule has 0 aliphatic carbocycles. The summed E-state index contributed by atoms with van der Waals surface area (Å²) in [4.78, 5) is 41.0. The largest absolute Gasteiger partial charge is 0.496 e. The SMILES string of the molecule is COc1cc(NC(=O)C(=O)NC(C)(C)CNC(=O)c2ccc(C)cc2)ccc1-c1cnco1. The fourth-order valence-electron chi connectivity index (χ4n) is 3.03. The molecule has 0 fully saturated rings. The normalized spacial score (nSPS) is 10.9. The monoisotopic (exact) mass is 450 g/mol. The molecule has 0 aliphatic rings. The number of oxazole rings is 1. The van der Waals surface area contributed by atoms with Gasteiger partial charge in [-0.15, -0.1) is 0 Å². The number of carbonyl (C=O) groups excluding carboxylic acids is 3. The van der Waals surface area contributed by atoms with Crippen molar-refractivity contribution < 1.29 is 23.5 Å². The van der Waals surface area contributed by atoms with Crippen LogP contribution in [0.3, 0.4) is 0 Å². The summed E-state index contributed by atoms with van der Waals surface area (Å²) in [7, 11) is 1.49. The molecule has 3 aromatic rings. The first kappa shape index (κ1) is 23.5. The molecule has 0 spiro atoms. The predicted molar refractivity (Wildman–Crippen MR) is 123 cm³/mol. The summed E-state index contributed by atoms with van der Waals surface area (Å²) in [5.74, 6) is -0.980. The third-order valence-electron chi connectivity index (χ3n) is 4.82. The number of nitrogens with zero attached hydrogens (tertiary/aromatic N) is 1. The highest BCUT2D eigenvalue weighted by atomic mass is 16.5. The van der Waals surface area contributed by atoms with Gasteiger partial charge in [-0.1, -0.05) is 17.7 Å². The Kier molecular flexibility index (Phi) is 7.12. The van der Waals surface area contributed by atoms with Gasteiger partial charge < -0.3 is 25.1 Å². The van der Waals surface area contributed by atoms with Crippen LogP contribution in [-0.2, 0) is 9.59 Å². The Labute approximate surface area is 191 Å². The molecule has 172 valence electrons. The third kappa shape index (κ3) is 6.19. The van der Waals surface area contributed by atoms with Crippen LogP contribution in [0.5, 0.6) is 5.75 Å². The van der Waals surface area contributed by atoms with E-state index >= 15 is 0 Å². The lowest BCUT2D eigenvalue weighted by atomic mass is 10.0. The molecule has 0 aliphatic heterocycles. The smallest absolute Gasteiger partial charge is 0.313 e. The van der Waals surface area contributed by atoms with Gasteiger partial charge in [-0.05, 0) is 45.0 Å². The van der Waals surface area contributed by atoms with Gasteiger partial charge in [-0.25, -0.2) is 4.98 Å². The summed E-state index contributed by atoms with van der Waals surface area (Å²) in [5.41, 5.74) is 1.74. The van der Waals surface area contributed by atoms with E-state index in [1.165, 1.54) is 13.5 Å². The van der Waals surface area contributed by atoms with Crippen molar-refractivity contribution in [1.29, 1.82) is 0 Å². The summed E-state index contributed by atoms with van der Waals surface area (Å²) in [6.45, 7) is 5.50. The van der Waals surface area contributed by atoms with Crippen molar-refractivity contribution in [3.63, 3.8) is 0 Å². The van der Waals surface area contributed by atoms with Crippen molar-refractivity contribution in [2.24, 2.45) is 0 Å².